The molecule has 2 heterocycles. The minimum absolute atomic E-state index is 0.0655. The summed E-state index contributed by atoms with van der Waals surface area (Å²) in [7, 11) is -2.71. The molecule has 0 aliphatic carbocycles. The van der Waals surface area contributed by atoms with E-state index in [9.17, 15) is 32.0 Å². The number of carbonyl (C=O) groups is 2. The van der Waals surface area contributed by atoms with Crippen LogP contribution in [0.2, 0.25) is 5.02 Å². The molecule has 1 atom stereocenters. The Morgan fingerprint density at radius 2 is 1.67 bits per heavy atom. The summed E-state index contributed by atoms with van der Waals surface area (Å²) in [4.78, 5) is 27.6. The topological polar surface area (TPSA) is 129 Å². The molecule has 2 aliphatic rings. The van der Waals surface area contributed by atoms with Gasteiger partial charge < -0.3 is 19.3 Å². The summed E-state index contributed by atoms with van der Waals surface area (Å²) in [6.45, 7) is 0.504. The highest BCUT2D eigenvalue weighted by molar-refractivity contribution is 7.89. The molecule has 2 amide bonds. The number of piperazine rings is 1. The van der Waals surface area contributed by atoms with E-state index in [1.807, 2.05) is 7.05 Å². The third kappa shape index (κ3) is 6.58. The zero-order valence-electron chi connectivity index (χ0n) is 20.8. The summed E-state index contributed by atoms with van der Waals surface area (Å²) in [6, 6.07) is 5.19. The number of benzene rings is 2. The van der Waals surface area contributed by atoms with E-state index in [0.717, 1.165) is 18.0 Å². The first-order valence-electron chi connectivity index (χ1n) is 12.0. The van der Waals surface area contributed by atoms with Crippen LogP contribution in [0.4, 0.5) is 13.6 Å². The maximum absolute atomic E-state index is 14.8. The van der Waals surface area contributed by atoms with Crippen molar-refractivity contribution in [3.8, 4) is 11.5 Å². The third-order valence-corrected chi connectivity index (χ3v) is 8.69. The molecule has 4 rings (SSSR count). The van der Waals surface area contributed by atoms with Gasteiger partial charge in [-0.15, -0.1) is 0 Å². The SMILES string of the molecule is CN1CCC(OC(=O)N2CCN(S(=O)(=O)c3cc(F)c(Oc4ccc(Cl)cc4)c(F)c3)[C@@H](C(=O)NO)C2)CC1. The van der Waals surface area contributed by atoms with E-state index in [1.54, 1.807) is 0 Å². The van der Waals surface area contributed by atoms with Crippen LogP contribution < -0.4 is 10.2 Å². The van der Waals surface area contributed by atoms with Crippen molar-refractivity contribution in [2.75, 3.05) is 39.8 Å². The molecule has 0 aromatic heterocycles. The van der Waals surface area contributed by atoms with Gasteiger partial charge in [-0.3, -0.25) is 10.0 Å². The van der Waals surface area contributed by atoms with E-state index in [1.165, 1.54) is 29.7 Å². The van der Waals surface area contributed by atoms with Gasteiger partial charge >= 0.3 is 6.09 Å². The van der Waals surface area contributed by atoms with Crippen molar-refractivity contribution in [2.24, 2.45) is 0 Å². The first-order chi connectivity index (χ1) is 18.5. The van der Waals surface area contributed by atoms with Crippen molar-refractivity contribution in [1.82, 2.24) is 19.6 Å². The molecule has 0 saturated carbocycles. The molecule has 2 fully saturated rings. The predicted octanol–water partition coefficient (Wildman–Crippen LogP) is 2.82. The van der Waals surface area contributed by atoms with Crippen LogP contribution in [0.15, 0.2) is 41.3 Å². The number of nitrogens with zero attached hydrogens (tertiary/aromatic N) is 3. The van der Waals surface area contributed by atoms with Crippen molar-refractivity contribution in [2.45, 2.75) is 29.9 Å². The summed E-state index contributed by atoms with van der Waals surface area (Å²) >= 11 is 5.79. The van der Waals surface area contributed by atoms with Gasteiger partial charge in [0.1, 0.15) is 17.9 Å². The van der Waals surface area contributed by atoms with E-state index in [4.69, 9.17) is 21.1 Å². The van der Waals surface area contributed by atoms with Gasteiger partial charge in [-0.1, -0.05) is 11.6 Å². The number of hydrogen-bond donors (Lipinski definition) is 2. The molecular formula is C24H27ClF2N4O7S. The quantitative estimate of drug-likeness (QED) is 0.389. The molecule has 39 heavy (non-hydrogen) atoms. The highest BCUT2D eigenvalue weighted by Gasteiger charge is 2.42. The highest BCUT2D eigenvalue weighted by atomic mass is 35.5. The van der Waals surface area contributed by atoms with Gasteiger partial charge in [-0.2, -0.15) is 4.31 Å². The molecule has 212 valence electrons. The van der Waals surface area contributed by atoms with Gasteiger partial charge in [-0.25, -0.2) is 27.5 Å². The lowest BCUT2D eigenvalue weighted by Crippen LogP contribution is -2.61. The van der Waals surface area contributed by atoms with Crippen LogP contribution in [0.25, 0.3) is 0 Å². The zero-order chi connectivity index (χ0) is 28.3. The molecule has 2 aromatic carbocycles. The number of nitrogens with one attached hydrogen (secondary N) is 1. The lowest BCUT2D eigenvalue weighted by Gasteiger charge is -2.39. The predicted molar refractivity (Wildman–Crippen MR) is 134 cm³/mol. The van der Waals surface area contributed by atoms with Gasteiger partial charge in [0.25, 0.3) is 5.91 Å². The van der Waals surface area contributed by atoms with Gasteiger partial charge in [0.05, 0.1) is 4.90 Å². The molecule has 0 unspecified atom stereocenters. The number of sulfonamides is 1. The van der Waals surface area contributed by atoms with Crippen molar-refractivity contribution < 1.29 is 41.5 Å². The van der Waals surface area contributed by atoms with Crippen LogP contribution in [-0.2, 0) is 19.6 Å². The number of ether oxygens (including phenoxy) is 2. The van der Waals surface area contributed by atoms with Crippen molar-refractivity contribution in [3.63, 3.8) is 0 Å². The maximum Gasteiger partial charge on any atom is 0.410 e. The van der Waals surface area contributed by atoms with E-state index < -0.39 is 63.4 Å². The molecule has 11 nitrogen and oxygen atoms in total. The monoisotopic (exact) mass is 588 g/mol. The molecule has 0 bridgehead atoms. The Labute approximate surface area is 228 Å². The second kappa shape index (κ2) is 12.0. The number of piperidine rings is 1. The summed E-state index contributed by atoms with van der Waals surface area (Å²) in [6.07, 6.45) is 0.219. The largest absolute Gasteiger partial charge is 0.451 e. The lowest BCUT2D eigenvalue weighted by atomic mass is 10.1. The molecule has 2 aliphatic heterocycles. The molecule has 2 aromatic rings. The van der Waals surface area contributed by atoms with Gasteiger partial charge in [0.15, 0.2) is 17.4 Å². The normalized spacial score (nSPS) is 19.5. The fourth-order valence-electron chi connectivity index (χ4n) is 4.37. The summed E-state index contributed by atoms with van der Waals surface area (Å²) in [5.74, 6) is -4.49. The van der Waals surface area contributed by atoms with Crippen LogP contribution in [0.3, 0.4) is 0 Å². The Kier molecular flexibility index (Phi) is 8.91. The van der Waals surface area contributed by atoms with E-state index in [-0.39, 0.29) is 18.4 Å². The second-order valence-corrected chi connectivity index (χ2v) is 11.5. The molecule has 0 spiro atoms. The fraction of sp³-hybridized carbons (Fsp3) is 0.417. The van der Waals surface area contributed by atoms with E-state index in [2.05, 4.69) is 4.90 Å². The Hall–Kier alpha value is -3.04. The first-order valence-corrected chi connectivity index (χ1v) is 13.8. The van der Waals surface area contributed by atoms with E-state index in [0.29, 0.717) is 34.3 Å². The number of likely N-dealkylation sites (tertiary alicyclic amines) is 1. The van der Waals surface area contributed by atoms with Crippen molar-refractivity contribution >= 4 is 33.6 Å². The molecule has 0 radical (unpaired) electrons. The van der Waals surface area contributed by atoms with Gasteiger partial charge in [-0.05, 0) is 56.3 Å². The molecule has 2 saturated heterocycles. The first kappa shape index (κ1) is 29.0. The van der Waals surface area contributed by atoms with Crippen LogP contribution in [0.5, 0.6) is 11.5 Å². The standard InChI is InChI=1S/C24H27ClF2N4O7S/c1-29-8-6-17(7-9-29)38-24(33)30-10-11-31(21(14-30)23(32)28-34)39(35,36)18-12-19(26)22(20(27)13-18)37-16-4-2-15(25)3-5-16/h2-5,12-13,17,21,34H,6-11,14H2,1H3,(H,28,32)/t21-/m1/s1. The summed E-state index contributed by atoms with van der Waals surface area (Å²) in [5.41, 5.74) is 1.39. The minimum atomic E-state index is -4.66. The Morgan fingerprint density at radius 1 is 1.05 bits per heavy atom. The Balaban J connectivity index is 1.52. The smallest absolute Gasteiger partial charge is 0.410 e. The maximum atomic E-state index is 14.8. The van der Waals surface area contributed by atoms with Gasteiger partial charge in [0.2, 0.25) is 10.0 Å². The summed E-state index contributed by atoms with van der Waals surface area (Å²) in [5, 5.41) is 9.60. The number of amides is 2. The Morgan fingerprint density at radius 3 is 2.26 bits per heavy atom. The third-order valence-electron chi connectivity index (χ3n) is 6.55. The number of halogens is 3. The number of hydrogen-bond acceptors (Lipinski definition) is 8. The molecular weight excluding hydrogens is 562 g/mol. The lowest BCUT2D eigenvalue weighted by molar-refractivity contribution is -0.134. The zero-order valence-corrected chi connectivity index (χ0v) is 22.4. The van der Waals surface area contributed by atoms with Crippen LogP contribution >= 0.6 is 11.6 Å². The van der Waals surface area contributed by atoms with E-state index >= 15 is 0 Å². The van der Waals surface area contributed by atoms with Crippen LogP contribution in [0, 0.1) is 11.6 Å². The fourth-order valence-corrected chi connectivity index (χ4v) is 6.09. The van der Waals surface area contributed by atoms with Crippen molar-refractivity contribution in [3.05, 3.63) is 53.1 Å². The number of rotatable bonds is 6. The molecule has 15 heteroatoms. The Bertz CT molecular complexity index is 1300. The van der Waals surface area contributed by atoms with Gasteiger partial charge in [0, 0.05) is 37.7 Å². The average Bonchev–Trinajstić information content (AvgIpc) is 2.92. The van der Waals surface area contributed by atoms with Crippen molar-refractivity contribution in [1.29, 1.82) is 0 Å². The highest BCUT2D eigenvalue weighted by Crippen LogP contribution is 2.32. The van der Waals surface area contributed by atoms with Crippen LogP contribution in [0.1, 0.15) is 12.8 Å². The summed E-state index contributed by atoms with van der Waals surface area (Å²) < 4.78 is 67.9. The average molecular weight is 589 g/mol. The number of hydroxylamine groups is 1. The number of carbonyl (C=O) groups excluding carboxylic acids is 2. The second-order valence-electron chi connectivity index (χ2n) is 9.21. The minimum Gasteiger partial charge on any atom is -0.451 e. The molecule has 2 N–H and O–H groups in total. The van der Waals surface area contributed by atoms with Crippen LogP contribution in [-0.4, -0.2) is 91.6 Å².